The lowest BCUT2D eigenvalue weighted by atomic mass is 9.70. The molecular formula is C30H39NO7S. The molecule has 8 nitrogen and oxygen atoms in total. The number of hydrogen-bond donors (Lipinski definition) is 4. The van der Waals surface area contributed by atoms with Gasteiger partial charge in [-0.25, -0.2) is 0 Å². The van der Waals surface area contributed by atoms with Gasteiger partial charge >= 0.3 is 17.9 Å². The van der Waals surface area contributed by atoms with Gasteiger partial charge in [0.05, 0.1) is 18.9 Å². The monoisotopic (exact) mass is 557 g/mol. The third-order valence-corrected chi connectivity index (χ3v) is 8.55. The topological polar surface area (TPSA) is 147 Å². The zero-order chi connectivity index (χ0) is 28.5. The predicted octanol–water partition coefficient (Wildman–Crippen LogP) is 4.90. The van der Waals surface area contributed by atoms with Crippen LogP contribution in [0.1, 0.15) is 66.0 Å². The van der Waals surface area contributed by atoms with Gasteiger partial charge in [-0.05, 0) is 79.1 Å². The van der Waals surface area contributed by atoms with E-state index in [4.69, 9.17) is 10.5 Å². The average Bonchev–Trinajstić information content (AvgIpc) is 2.88. The molecule has 1 aliphatic heterocycles. The first kappa shape index (κ1) is 30.7. The van der Waals surface area contributed by atoms with Gasteiger partial charge in [-0.1, -0.05) is 42.5 Å². The van der Waals surface area contributed by atoms with Crippen LogP contribution in [0.15, 0.2) is 42.5 Å². The Balaban J connectivity index is 1.93. The fourth-order valence-corrected chi connectivity index (χ4v) is 6.51. The number of thioether (sulfide) groups is 1. The van der Waals surface area contributed by atoms with Crippen molar-refractivity contribution in [3.8, 4) is 0 Å². The standard InChI is InChI=1S/C30H39NO7S/c1-18-6-11-21(14-22(18)13-20-9-7-19(8-10-20)5-3-4-12-31)29-24(16-27(34)35)23(15-26(32)33)25(17-28(36)37)30(38-29)39-2/h6-11,14,23-25,29-30H,3-5,12-13,15-17,31H2,1-2H3,(H,32,33)(H,34,35)(H,36,37)/t23-,24+,25+,29-,30-/m1/s1. The van der Waals surface area contributed by atoms with Crippen LogP contribution in [-0.4, -0.2) is 51.5 Å². The molecule has 3 rings (SSSR count). The van der Waals surface area contributed by atoms with Gasteiger partial charge in [-0.15, -0.1) is 11.8 Å². The van der Waals surface area contributed by atoms with Crippen LogP contribution in [-0.2, 0) is 32.0 Å². The molecule has 0 spiro atoms. The Bertz CT molecular complexity index is 1140. The Hall–Kier alpha value is -2.88. The largest absolute Gasteiger partial charge is 0.481 e. The van der Waals surface area contributed by atoms with Gasteiger partial charge in [0.25, 0.3) is 0 Å². The van der Waals surface area contributed by atoms with Gasteiger partial charge < -0.3 is 25.8 Å². The Kier molecular flexibility index (Phi) is 11.4. The number of benzene rings is 2. The number of unbranched alkanes of at least 4 members (excludes halogenated alkanes) is 1. The number of ether oxygens (including phenoxy) is 1. The van der Waals surface area contributed by atoms with E-state index in [2.05, 4.69) is 24.3 Å². The number of aryl methyl sites for hydroxylation is 2. The SMILES string of the molecule is CS[C@H]1O[C@H](c2ccc(C)c(Cc3ccc(CCCCN)cc3)c2)[C@@H](CC(=O)O)[C@@H](CC(=O)O)[C@@H]1CC(=O)O. The second-order valence-corrected chi connectivity index (χ2v) is 11.3. The maximum atomic E-state index is 11.9. The Morgan fingerprint density at radius 2 is 1.44 bits per heavy atom. The van der Waals surface area contributed by atoms with E-state index < -0.39 is 47.2 Å². The smallest absolute Gasteiger partial charge is 0.303 e. The average molecular weight is 558 g/mol. The Morgan fingerprint density at radius 1 is 0.846 bits per heavy atom. The minimum Gasteiger partial charge on any atom is -0.481 e. The molecular weight excluding hydrogens is 518 g/mol. The van der Waals surface area contributed by atoms with Gasteiger partial charge in [0.15, 0.2) is 0 Å². The molecule has 0 unspecified atom stereocenters. The van der Waals surface area contributed by atoms with E-state index in [1.165, 1.54) is 17.3 Å². The van der Waals surface area contributed by atoms with E-state index in [0.29, 0.717) is 13.0 Å². The Labute approximate surface area is 233 Å². The number of hydrogen-bond acceptors (Lipinski definition) is 6. The number of aliphatic carboxylic acids is 3. The molecule has 1 fully saturated rings. The number of carbonyl (C=O) groups is 3. The molecule has 0 bridgehead atoms. The van der Waals surface area contributed by atoms with Crippen LogP contribution < -0.4 is 5.73 Å². The number of carboxylic acids is 3. The highest BCUT2D eigenvalue weighted by atomic mass is 32.2. The first-order valence-electron chi connectivity index (χ1n) is 13.3. The highest BCUT2D eigenvalue weighted by Gasteiger charge is 2.48. The summed E-state index contributed by atoms with van der Waals surface area (Å²) in [4.78, 5) is 35.4. The molecule has 1 saturated heterocycles. The fraction of sp³-hybridized carbons (Fsp3) is 0.500. The highest BCUT2D eigenvalue weighted by molar-refractivity contribution is 7.99. The van der Waals surface area contributed by atoms with Gasteiger partial charge in [-0.2, -0.15) is 0 Å². The predicted molar refractivity (Wildman–Crippen MR) is 151 cm³/mol. The maximum absolute atomic E-state index is 11.9. The molecule has 39 heavy (non-hydrogen) atoms. The molecule has 2 aromatic rings. The van der Waals surface area contributed by atoms with Crippen LogP contribution in [0.5, 0.6) is 0 Å². The normalized spacial score (nSPS) is 22.9. The second kappa shape index (κ2) is 14.5. The molecule has 0 saturated carbocycles. The zero-order valence-electron chi connectivity index (χ0n) is 22.5. The Morgan fingerprint density at radius 3 is 2.03 bits per heavy atom. The van der Waals surface area contributed by atoms with E-state index in [1.54, 1.807) is 6.26 Å². The van der Waals surface area contributed by atoms with Crippen molar-refractivity contribution in [3.05, 3.63) is 70.3 Å². The lowest BCUT2D eigenvalue weighted by Gasteiger charge is -2.46. The van der Waals surface area contributed by atoms with Crippen LogP contribution in [0.4, 0.5) is 0 Å². The van der Waals surface area contributed by atoms with Crippen LogP contribution in [0.25, 0.3) is 0 Å². The number of nitrogens with two attached hydrogens (primary N) is 1. The summed E-state index contributed by atoms with van der Waals surface area (Å²) in [5, 5.41) is 28.9. The van der Waals surface area contributed by atoms with Crippen LogP contribution in [0.3, 0.4) is 0 Å². The molecule has 0 amide bonds. The van der Waals surface area contributed by atoms with Crippen LogP contribution >= 0.6 is 11.8 Å². The first-order valence-corrected chi connectivity index (χ1v) is 14.6. The number of rotatable bonds is 14. The maximum Gasteiger partial charge on any atom is 0.303 e. The minimum absolute atomic E-state index is 0.284. The van der Waals surface area contributed by atoms with Crippen molar-refractivity contribution in [1.82, 2.24) is 0 Å². The lowest BCUT2D eigenvalue weighted by Crippen LogP contribution is -2.45. The van der Waals surface area contributed by atoms with E-state index in [1.807, 2.05) is 25.1 Å². The third kappa shape index (κ3) is 8.55. The summed E-state index contributed by atoms with van der Waals surface area (Å²) >= 11 is 1.33. The van der Waals surface area contributed by atoms with Gasteiger partial charge in [0.1, 0.15) is 5.44 Å². The third-order valence-electron chi connectivity index (χ3n) is 7.62. The summed E-state index contributed by atoms with van der Waals surface area (Å²) < 4.78 is 6.40. The van der Waals surface area contributed by atoms with Gasteiger partial charge in [-0.3, -0.25) is 14.4 Å². The summed E-state index contributed by atoms with van der Waals surface area (Å²) in [5.74, 6) is -5.19. The van der Waals surface area contributed by atoms with Crippen molar-refractivity contribution in [2.24, 2.45) is 23.5 Å². The van der Waals surface area contributed by atoms with Crippen molar-refractivity contribution in [2.45, 2.75) is 63.4 Å². The second-order valence-electron chi connectivity index (χ2n) is 10.4. The van der Waals surface area contributed by atoms with Gasteiger partial charge in [0.2, 0.25) is 0 Å². The van der Waals surface area contributed by atoms with E-state index in [-0.39, 0.29) is 19.3 Å². The molecule has 0 aromatic heterocycles. The van der Waals surface area contributed by atoms with Crippen molar-refractivity contribution >= 4 is 29.7 Å². The van der Waals surface area contributed by atoms with E-state index in [9.17, 15) is 29.7 Å². The summed E-state index contributed by atoms with van der Waals surface area (Å²) in [7, 11) is 0. The van der Waals surface area contributed by atoms with Crippen molar-refractivity contribution in [1.29, 1.82) is 0 Å². The number of carboxylic acid groups (broad SMARTS) is 3. The highest BCUT2D eigenvalue weighted by Crippen LogP contribution is 2.50. The molecule has 5 atom stereocenters. The van der Waals surface area contributed by atoms with Crippen molar-refractivity contribution in [2.75, 3.05) is 12.8 Å². The van der Waals surface area contributed by atoms with Gasteiger partial charge in [0, 0.05) is 18.3 Å². The molecule has 0 aliphatic carbocycles. The van der Waals surface area contributed by atoms with E-state index >= 15 is 0 Å². The first-order chi connectivity index (χ1) is 18.6. The molecule has 1 heterocycles. The summed E-state index contributed by atoms with van der Waals surface area (Å²) in [6.07, 6.45) is 3.96. The van der Waals surface area contributed by atoms with Crippen molar-refractivity contribution < 1.29 is 34.4 Å². The fourth-order valence-electron chi connectivity index (χ4n) is 5.64. The molecule has 212 valence electrons. The lowest BCUT2D eigenvalue weighted by molar-refractivity contribution is -0.161. The molecule has 0 radical (unpaired) electrons. The molecule has 2 aromatic carbocycles. The minimum atomic E-state index is -1.08. The molecule has 5 N–H and O–H groups in total. The zero-order valence-corrected chi connectivity index (χ0v) is 23.4. The quantitative estimate of drug-likeness (QED) is 0.238. The molecule has 1 aliphatic rings. The van der Waals surface area contributed by atoms with Crippen molar-refractivity contribution in [3.63, 3.8) is 0 Å². The summed E-state index contributed by atoms with van der Waals surface area (Å²) in [6, 6.07) is 14.4. The van der Waals surface area contributed by atoms with Crippen LogP contribution in [0.2, 0.25) is 0 Å². The van der Waals surface area contributed by atoms with E-state index in [0.717, 1.165) is 41.5 Å². The summed E-state index contributed by atoms with van der Waals surface area (Å²) in [5.41, 5.74) is 10.4. The summed E-state index contributed by atoms with van der Waals surface area (Å²) in [6.45, 7) is 2.72. The molecule has 9 heteroatoms. The van der Waals surface area contributed by atoms with Crippen LogP contribution in [0, 0.1) is 24.7 Å².